The maximum absolute atomic E-state index is 11.6. The standard InChI is InChI=1S/C13H26N2O4/c1-5-10(11(16)17)8-14-12(18)15-9-13(2,3)6-7-19-4/h10H,5-9H2,1-4H3,(H,16,17)(H2,14,15,18). The molecule has 0 bridgehead atoms. The van der Waals surface area contributed by atoms with Crippen molar-refractivity contribution in [2.75, 3.05) is 26.8 Å². The Hall–Kier alpha value is -1.30. The molecule has 0 saturated heterocycles. The second-order valence-electron chi connectivity index (χ2n) is 5.41. The molecule has 0 aromatic heterocycles. The zero-order chi connectivity index (χ0) is 14.9. The number of methoxy groups -OCH3 is 1. The lowest BCUT2D eigenvalue weighted by atomic mass is 9.90. The number of hydrogen-bond acceptors (Lipinski definition) is 3. The van der Waals surface area contributed by atoms with Gasteiger partial charge in [-0.15, -0.1) is 0 Å². The van der Waals surface area contributed by atoms with Gasteiger partial charge in [-0.3, -0.25) is 4.79 Å². The summed E-state index contributed by atoms with van der Waals surface area (Å²) >= 11 is 0. The number of ether oxygens (including phenoxy) is 1. The summed E-state index contributed by atoms with van der Waals surface area (Å²) in [4.78, 5) is 22.4. The van der Waals surface area contributed by atoms with E-state index in [0.717, 1.165) is 6.42 Å². The van der Waals surface area contributed by atoms with Crippen molar-refractivity contribution in [1.29, 1.82) is 0 Å². The fraction of sp³-hybridized carbons (Fsp3) is 0.846. The molecule has 2 amide bonds. The maximum Gasteiger partial charge on any atom is 0.314 e. The van der Waals surface area contributed by atoms with Crippen LogP contribution in [-0.4, -0.2) is 43.9 Å². The Kier molecular flexibility index (Phi) is 8.14. The van der Waals surface area contributed by atoms with E-state index in [0.29, 0.717) is 19.6 Å². The van der Waals surface area contributed by atoms with E-state index in [-0.39, 0.29) is 18.0 Å². The molecule has 0 spiro atoms. The SMILES string of the molecule is CCC(CNC(=O)NCC(C)(C)CCOC)C(=O)O. The van der Waals surface area contributed by atoms with Crippen molar-refractivity contribution in [1.82, 2.24) is 10.6 Å². The normalized spacial score (nSPS) is 12.8. The molecule has 0 rings (SSSR count). The van der Waals surface area contributed by atoms with Gasteiger partial charge in [-0.2, -0.15) is 0 Å². The number of carbonyl (C=O) groups excluding carboxylic acids is 1. The molecular weight excluding hydrogens is 248 g/mol. The van der Waals surface area contributed by atoms with E-state index in [4.69, 9.17) is 9.84 Å². The molecule has 1 atom stereocenters. The number of carboxylic acid groups (broad SMARTS) is 1. The van der Waals surface area contributed by atoms with Gasteiger partial charge in [0.15, 0.2) is 0 Å². The van der Waals surface area contributed by atoms with Gasteiger partial charge < -0.3 is 20.5 Å². The lowest BCUT2D eigenvalue weighted by molar-refractivity contribution is -0.141. The predicted octanol–water partition coefficient (Wildman–Crippen LogP) is 1.46. The predicted molar refractivity (Wildman–Crippen MR) is 73.1 cm³/mol. The van der Waals surface area contributed by atoms with Crippen molar-refractivity contribution in [3.63, 3.8) is 0 Å². The Morgan fingerprint density at radius 2 is 1.95 bits per heavy atom. The average molecular weight is 274 g/mol. The molecule has 6 nitrogen and oxygen atoms in total. The van der Waals surface area contributed by atoms with Gasteiger partial charge in [0.25, 0.3) is 0 Å². The molecule has 0 fully saturated rings. The Morgan fingerprint density at radius 1 is 1.32 bits per heavy atom. The van der Waals surface area contributed by atoms with Crippen LogP contribution in [0.2, 0.25) is 0 Å². The second-order valence-corrected chi connectivity index (χ2v) is 5.41. The number of carbonyl (C=O) groups is 2. The molecule has 6 heteroatoms. The molecule has 0 aromatic rings. The monoisotopic (exact) mass is 274 g/mol. The van der Waals surface area contributed by atoms with Gasteiger partial charge in [0, 0.05) is 26.8 Å². The van der Waals surface area contributed by atoms with Crippen LogP contribution in [0.4, 0.5) is 4.79 Å². The van der Waals surface area contributed by atoms with Crippen LogP contribution in [0.1, 0.15) is 33.6 Å². The van der Waals surface area contributed by atoms with Crippen molar-refractivity contribution in [3.05, 3.63) is 0 Å². The minimum atomic E-state index is -0.886. The van der Waals surface area contributed by atoms with Gasteiger partial charge in [0.1, 0.15) is 0 Å². The number of nitrogens with one attached hydrogen (secondary N) is 2. The van der Waals surface area contributed by atoms with Crippen LogP contribution in [0.15, 0.2) is 0 Å². The van der Waals surface area contributed by atoms with Gasteiger partial charge in [0.2, 0.25) is 0 Å². The fourth-order valence-electron chi connectivity index (χ4n) is 1.47. The van der Waals surface area contributed by atoms with Crippen molar-refractivity contribution in [3.8, 4) is 0 Å². The lowest BCUT2D eigenvalue weighted by Crippen LogP contribution is -2.43. The largest absolute Gasteiger partial charge is 0.481 e. The summed E-state index contributed by atoms with van der Waals surface area (Å²) in [6.45, 7) is 7.18. The third kappa shape index (κ3) is 8.42. The molecule has 0 aliphatic carbocycles. The first-order chi connectivity index (χ1) is 8.82. The van der Waals surface area contributed by atoms with Crippen molar-refractivity contribution in [2.45, 2.75) is 33.6 Å². The van der Waals surface area contributed by atoms with Gasteiger partial charge in [0.05, 0.1) is 5.92 Å². The van der Waals surface area contributed by atoms with Gasteiger partial charge in [-0.05, 0) is 18.3 Å². The highest BCUT2D eigenvalue weighted by atomic mass is 16.5. The molecule has 19 heavy (non-hydrogen) atoms. The van der Waals surface area contributed by atoms with Crippen molar-refractivity contribution >= 4 is 12.0 Å². The summed E-state index contributed by atoms with van der Waals surface area (Å²) in [6, 6.07) is -0.329. The average Bonchev–Trinajstić information content (AvgIpc) is 2.34. The summed E-state index contributed by atoms with van der Waals surface area (Å²) < 4.78 is 5.01. The first-order valence-electron chi connectivity index (χ1n) is 6.56. The van der Waals surface area contributed by atoms with Gasteiger partial charge >= 0.3 is 12.0 Å². The third-order valence-corrected chi connectivity index (χ3v) is 3.06. The second kappa shape index (κ2) is 8.74. The Morgan fingerprint density at radius 3 is 2.42 bits per heavy atom. The molecule has 0 radical (unpaired) electrons. The van der Waals surface area contributed by atoms with E-state index in [1.807, 2.05) is 13.8 Å². The molecular formula is C13H26N2O4. The first-order valence-corrected chi connectivity index (χ1v) is 6.56. The van der Waals surface area contributed by atoms with Gasteiger partial charge in [-0.25, -0.2) is 4.79 Å². The lowest BCUT2D eigenvalue weighted by Gasteiger charge is -2.24. The zero-order valence-electron chi connectivity index (χ0n) is 12.3. The molecule has 0 heterocycles. The van der Waals surface area contributed by atoms with Crippen LogP contribution in [0, 0.1) is 11.3 Å². The number of urea groups is 1. The number of rotatable bonds is 9. The van der Waals surface area contributed by atoms with Crippen LogP contribution < -0.4 is 10.6 Å². The van der Waals surface area contributed by atoms with Crippen LogP contribution in [0.5, 0.6) is 0 Å². The summed E-state index contributed by atoms with van der Waals surface area (Å²) in [7, 11) is 1.65. The van der Waals surface area contributed by atoms with Crippen LogP contribution in [0.25, 0.3) is 0 Å². The molecule has 0 saturated carbocycles. The maximum atomic E-state index is 11.6. The first kappa shape index (κ1) is 17.7. The summed E-state index contributed by atoms with van der Waals surface area (Å²) in [5.41, 5.74) is -0.0513. The van der Waals surface area contributed by atoms with Crippen LogP contribution in [0.3, 0.4) is 0 Å². The fourth-order valence-corrected chi connectivity index (χ4v) is 1.47. The highest BCUT2D eigenvalue weighted by Crippen LogP contribution is 2.18. The summed E-state index contributed by atoms with van der Waals surface area (Å²) in [6.07, 6.45) is 1.34. The Labute approximate surface area is 114 Å². The topological polar surface area (TPSA) is 87.7 Å². The molecule has 0 aliphatic rings. The van der Waals surface area contributed by atoms with Crippen LogP contribution >= 0.6 is 0 Å². The summed E-state index contributed by atoms with van der Waals surface area (Å²) in [5, 5.41) is 14.2. The van der Waals surface area contributed by atoms with E-state index in [1.54, 1.807) is 14.0 Å². The van der Waals surface area contributed by atoms with E-state index in [2.05, 4.69) is 10.6 Å². The van der Waals surface area contributed by atoms with E-state index < -0.39 is 11.9 Å². The highest BCUT2D eigenvalue weighted by molar-refractivity contribution is 5.75. The van der Waals surface area contributed by atoms with Crippen molar-refractivity contribution in [2.24, 2.45) is 11.3 Å². The highest BCUT2D eigenvalue weighted by Gasteiger charge is 2.19. The molecule has 1 unspecified atom stereocenters. The third-order valence-electron chi connectivity index (χ3n) is 3.06. The van der Waals surface area contributed by atoms with Crippen LogP contribution in [-0.2, 0) is 9.53 Å². The van der Waals surface area contributed by atoms with E-state index in [1.165, 1.54) is 0 Å². The quantitative estimate of drug-likeness (QED) is 0.594. The molecule has 3 N–H and O–H groups in total. The number of carboxylic acids is 1. The zero-order valence-corrected chi connectivity index (χ0v) is 12.3. The molecule has 0 aromatic carbocycles. The van der Waals surface area contributed by atoms with Crippen molar-refractivity contribution < 1.29 is 19.4 Å². The summed E-state index contributed by atoms with van der Waals surface area (Å²) in [5.74, 6) is -1.42. The minimum Gasteiger partial charge on any atom is -0.481 e. The molecule has 0 aliphatic heterocycles. The number of aliphatic carboxylic acids is 1. The van der Waals surface area contributed by atoms with E-state index in [9.17, 15) is 9.59 Å². The Bertz CT molecular complexity index is 292. The smallest absolute Gasteiger partial charge is 0.314 e. The number of hydrogen-bond donors (Lipinski definition) is 3. The number of amides is 2. The minimum absolute atomic E-state index is 0.0513. The molecule has 112 valence electrons. The van der Waals surface area contributed by atoms with Gasteiger partial charge in [-0.1, -0.05) is 20.8 Å². The van der Waals surface area contributed by atoms with E-state index >= 15 is 0 Å². The Balaban J connectivity index is 3.95.